The van der Waals surface area contributed by atoms with Crippen LogP contribution in [0.4, 0.5) is 0 Å². The van der Waals surface area contributed by atoms with Gasteiger partial charge in [-0.1, -0.05) is 30.3 Å². The van der Waals surface area contributed by atoms with Crippen LogP contribution in [0, 0.1) is 5.92 Å². The standard InChI is InChI=1S/C20H33N3O2/c1-3-24-14-8-7-12-22-20(21-2)23-13-11-19(15-23)17-25-16-18-9-5-4-6-10-18/h4-6,9-10,19H,3,7-8,11-17H2,1-2H3,(H,21,22). The molecule has 140 valence electrons. The van der Waals surface area contributed by atoms with E-state index in [2.05, 4.69) is 39.5 Å². The first kappa shape index (κ1) is 19.7. The maximum Gasteiger partial charge on any atom is 0.193 e. The zero-order valence-electron chi connectivity index (χ0n) is 15.7. The van der Waals surface area contributed by atoms with E-state index >= 15 is 0 Å². The fourth-order valence-electron chi connectivity index (χ4n) is 3.08. The molecule has 25 heavy (non-hydrogen) atoms. The molecule has 5 heteroatoms. The van der Waals surface area contributed by atoms with Gasteiger partial charge in [0.25, 0.3) is 0 Å². The lowest BCUT2D eigenvalue weighted by molar-refractivity contribution is 0.0906. The van der Waals surface area contributed by atoms with E-state index in [4.69, 9.17) is 9.47 Å². The second kappa shape index (κ2) is 11.9. The second-order valence-corrected chi connectivity index (χ2v) is 6.48. The summed E-state index contributed by atoms with van der Waals surface area (Å²) >= 11 is 0. The summed E-state index contributed by atoms with van der Waals surface area (Å²) in [6.45, 7) is 8.23. The minimum Gasteiger partial charge on any atom is -0.382 e. The van der Waals surface area contributed by atoms with Gasteiger partial charge < -0.3 is 19.7 Å². The van der Waals surface area contributed by atoms with Crippen LogP contribution in [0.15, 0.2) is 35.3 Å². The van der Waals surface area contributed by atoms with Crippen molar-refractivity contribution in [2.75, 3.05) is 46.5 Å². The van der Waals surface area contributed by atoms with Crippen LogP contribution in [-0.2, 0) is 16.1 Å². The molecule has 1 aliphatic heterocycles. The Bertz CT molecular complexity index is 493. The highest BCUT2D eigenvalue weighted by Crippen LogP contribution is 2.17. The maximum absolute atomic E-state index is 5.90. The minimum atomic E-state index is 0.584. The lowest BCUT2D eigenvalue weighted by atomic mass is 10.1. The number of rotatable bonds is 10. The van der Waals surface area contributed by atoms with E-state index in [0.29, 0.717) is 12.5 Å². The monoisotopic (exact) mass is 347 g/mol. The largest absolute Gasteiger partial charge is 0.382 e. The molecule has 1 aromatic rings. The quantitative estimate of drug-likeness (QED) is 0.402. The van der Waals surface area contributed by atoms with Crippen molar-refractivity contribution in [1.82, 2.24) is 10.2 Å². The number of guanidine groups is 1. The van der Waals surface area contributed by atoms with E-state index in [-0.39, 0.29) is 0 Å². The van der Waals surface area contributed by atoms with Gasteiger partial charge in [-0.15, -0.1) is 0 Å². The van der Waals surface area contributed by atoms with Gasteiger partial charge in [-0.05, 0) is 31.7 Å². The zero-order valence-corrected chi connectivity index (χ0v) is 15.7. The van der Waals surface area contributed by atoms with Crippen LogP contribution in [0.5, 0.6) is 0 Å². The molecule has 1 aliphatic rings. The number of benzene rings is 1. The molecular formula is C20H33N3O2. The predicted octanol–water partition coefficient (Wildman–Crippen LogP) is 2.92. The highest BCUT2D eigenvalue weighted by Gasteiger charge is 2.24. The third-order valence-electron chi connectivity index (χ3n) is 4.46. The van der Waals surface area contributed by atoms with Crippen molar-refractivity contribution in [2.24, 2.45) is 10.9 Å². The first-order valence-electron chi connectivity index (χ1n) is 9.48. The fourth-order valence-corrected chi connectivity index (χ4v) is 3.08. The van der Waals surface area contributed by atoms with E-state index < -0.39 is 0 Å². The molecule has 1 N–H and O–H groups in total. The highest BCUT2D eigenvalue weighted by molar-refractivity contribution is 5.80. The minimum absolute atomic E-state index is 0.584. The van der Waals surface area contributed by atoms with Gasteiger partial charge >= 0.3 is 0 Å². The summed E-state index contributed by atoms with van der Waals surface area (Å²) in [5.41, 5.74) is 1.24. The molecule has 0 saturated carbocycles. The molecule has 5 nitrogen and oxygen atoms in total. The molecule has 1 heterocycles. The predicted molar refractivity (Wildman–Crippen MR) is 103 cm³/mol. The van der Waals surface area contributed by atoms with Gasteiger partial charge in [-0.3, -0.25) is 4.99 Å². The first-order chi connectivity index (χ1) is 12.3. The van der Waals surface area contributed by atoms with Crippen LogP contribution in [0.1, 0.15) is 31.7 Å². The third-order valence-corrected chi connectivity index (χ3v) is 4.46. The van der Waals surface area contributed by atoms with Gasteiger partial charge in [0.1, 0.15) is 0 Å². The molecule has 0 spiro atoms. The normalized spacial score (nSPS) is 17.9. The van der Waals surface area contributed by atoms with Gasteiger partial charge in [0.15, 0.2) is 5.96 Å². The topological polar surface area (TPSA) is 46.1 Å². The van der Waals surface area contributed by atoms with Gasteiger partial charge in [-0.2, -0.15) is 0 Å². The number of likely N-dealkylation sites (tertiary alicyclic amines) is 1. The van der Waals surface area contributed by atoms with Crippen molar-refractivity contribution < 1.29 is 9.47 Å². The van der Waals surface area contributed by atoms with Crippen molar-refractivity contribution in [2.45, 2.75) is 32.8 Å². The maximum atomic E-state index is 5.90. The smallest absolute Gasteiger partial charge is 0.193 e. The van der Waals surface area contributed by atoms with Crippen molar-refractivity contribution in [1.29, 1.82) is 0 Å². The summed E-state index contributed by atoms with van der Waals surface area (Å²) in [7, 11) is 1.86. The van der Waals surface area contributed by atoms with E-state index in [1.807, 2.05) is 20.0 Å². The van der Waals surface area contributed by atoms with Crippen LogP contribution in [0.3, 0.4) is 0 Å². The lowest BCUT2D eigenvalue weighted by Crippen LogP contribution is -2.40. The Balaban J connectivity index is 1.61. The average Bonchev–Trinajstić information content (AvgIpc) is 3.11. The van der Waals surface area contributed by atoms with E-state index in [9.17, 15) is 0 Å². The number of aliphatic imine (C=N–C) groups is 1. The molecule has 1 fully saturated rings. The Morgan fingerprint density at radius 1 is 1.24 bits per heavy atom. The number of nitrogens with zero attached hydrogens (tertiary/aromatic N) is 2. The fraction of sp³-hybridized carbons (Fsp3) is 0.650. The van der Waals surface area contributed by atoms with Crippen molar-refractivity contribution >= 4 is 5.96 Å². The Labute approximate surface area is 152 Å². The van der Waals surface area contributed by atoms with E-state index in [0.717, 1.165) is 58.3 Å². The van der Waals surface area contributed by atoms with Gasteiger partial charge in [0.2, 0.25) is 0 Å². The van der Waals surface area contributed by atoms with Crippen molar-refractivity contribution in [3.05, 3.63) is 35.9 Å². The summed E-state index contributed by atoms with van der Waals surface area (Å²) in [5.74, 6) is 1.60. The number of hydrogen-bond acceptors (Lipinski definition) is 3. The molecular weight excluding hydrogens is 314 g/mol. The summed E-state index contributed by atoms with van der Waals surface area (Å²) in [6, 6.07) is 10.4. The van der Waals surface area contributed by atoms with Crippen LogP contribution < -0.4 is 5.32 Å². The van der Waals surface area contributed by atoms with Gasteiger partial charge in [-0.25, -0.2) is 0 Å². The van der Waals surface area contributed by atoms with Crippen LogP contribution in [-0.4, -0.2) is 57.4 Å². The molecule has 1 saturated heterocycles. The molecule has 0 radical (unpaired) electrons. The second-order valence-electron chi connectivity index (χ2n) is 6.48. The molecule has 0 aliphatic carbocycles. The summed E-state index contributed by atoms with van der Waals surface area (Å²) in [4.78, 5) is 6.77. The molecule has 1 aromatic carbocycles. The third kappa shape index (κ3) is 7.45. The van der Waals surface area contributed by atoms with Crippen LogP contribution >= 0.6 is 0 Å². The molecule has 0 bridgehead atoms. The first-order valence-corrected chi connectivity index (χ1v) is 9.48. The summed E-state index contributed by atoms with van der Waals surface area (Å²) in [5, 5.41) is 3.47. The number of hydrogen-bond donors (Lipinski definition) is 1. The summed E-state index contributed by atoms with van der Waals surface area (Å²) < 4.78 is 11.3. The van der Waals surface area contributed by atoms with Crippen LogP contribution in [0.25, 0.3) is 0 Å². The number of ether oxygens (including phenoxy) is 2. The Morgan fingerprint density at radius 2 is 2.08 bits per heavy atom. The molecule has 0 aromatic heterocycles. The molecule has 1 unspecified atom stereocenters. The van der Waals surface area contributed by atoms with Crippen molar-refractivity contribution in [3.63, 3.8) is 0 Å². The van der Waals surface area contributed by atoms with Gasteiger partial charge in [0.05, 0.1) is 13.2 Å². The van der Waals surface area contributed by atoms with Crippen LogP contribution in [0.2, 0.25) is 0 Å². The number of unbranched alkanes of at least 4 members (excludes halogenated alkanes) is 1. The Hall–Kier alpha value is -1.59. The average molecular weight is 348 g/mol. The highest BCUT2D eigenvalue weighted by atomic mass is 16.5. The van der Waals surface area contributed by atoms with Crippen molar-refractivity contribution in [3.8, 4) is 0 Å². The lowest BCUT2D eigenvalue weighted by Gasteiger charge is -2.21. The Kier molecular flexibility index (Phi) is 9.37. The Morgan fingerprint density at radius 3 is 2.84 bits per heavy atom. The summed E-state index contributed by atoms with van der Waals surface area (Å²) in [6.07, 6.45) is 3.37. The van der Waals surface area contributed by atoms with Gasteiger partial charge in [0, 0.05) is 45.8 Å². The molecule has 1 atom stereocenters. The zero-order chi connectivity index (χ0) is 17.7. The number of nitrogens with one attached hydrogen (secondary N) is 1. The van der Waals surface area contributed by atoms with E-state index in [1.165, 1.54) is 12.0 Å². The SMILES string of the molecule is CCOCCCCNC(=NC)N1CCC(COCc2ccccc2)C1. The van der Waals surface area contributed by atoms with E-state index in [1.54, 1.807) is 0 Å². The molecule has 0 amide bonds. The molecule has 2 rings (SSSR count).